The summed E-state index contributed by atoms with van der Waals surface area (Å²) in [7, 11) is 0. The Bertz CT molecular complexity index is 664. The van der Waals surface area contributed by atoms with Crippen LogP contribution in [0.4, 0.5) is 11.4 Å². The number of benzene rings is 2. The van der Waals surface area contributed by atoms with Gasteiger partial charge in [-0.15, -0.1) is 0 Å². The minimum absolute atomic E-state index is 0.144. The Morgan fingerprint density at radius 1 is 1.30 bits per heavy atom. The molecule has 0 radical (unpaired) electrons. The van der Waals surface area contributed by atoms with Crippen molar-refractivity contribution in [2.24, 2.45) is 0 Å². The number of anilines is 1. The number of phenolic OH excluding ortho intramolecular Hbond substituents is 1. The third-order valence-corrected chi connectivity index (χ3v) is 3.64. The second kappa shape index (κ2) is 6.11. The van der Waals surface area contributed by atoms with Crippen molar-refractivity contribution in [3.8, 4) is 5.75 Å². The molecule has 20 heavy (non-hydrogen) atoms. The fourth-order valence-electron chi connectivity index (χ4n) is 1.68. The van der Waals surface area contributed by atoms with Gasteiger partial charge < -0.3 is 10.4 Å². The predicted molar refractivity (Wildman–Crippen MR) is 81.2 cm³/mol. The van der Waals surface area contributed by atoms with E-state index in [1.165, 1.54) is 12.1 Å². The number of halogens is 2. The molecule has 0 atom stereocenters. The van der Waals surface area contributed by atoms with Gasteiger partial charge in [0.25, 0.3) is 5.69 Å². The van der Waals surface area contributed by atoms with E-state index in [1.807, 2.05) is 6.07 Å². The van der Waals surface area contributed by atoms with Crippen molar-refractivity contribution < 1.29 is 10.0 Å². The van der Waals surface area contributed by atoms with Crippen molar-refractivity contribution in [3.05, 3.63) is 61.6 Å². The highest BCUT2D eigenvalue weighted by atomic mass is 79.9. The smallest absolute Gasteiger partial charge is 0.296 e. The van der Waals surface area contributed by atoms with Gasteiger partial charge in [0.1, 0.15) is 11.4 Å². The van der Waals surface area contributed by atoms with Gasteiger partial charge in [-0.2, -0.15) is 0 Å². The van der Waals surface area contributed by atoms with E-state index in [0.717, 1.165) is 16.1 Å². The molecule has 0 aliphatic heterocycles. The Balaban J connectivity index is 2.20. The molecule has 0 unspecified atom stereocenters. The molecule has 0 aromatic heterocycles. The fraction of sp³-hybridized carbons (Fsp3) is 0.0769. The maximum absolute atomic E-state index is 10.9. The van der Waals surface area contributed by atoms with E-state index in [9.17, 15) is 15.2 Å². The van der Waals surface area contributed by atoms with Crippen LogP contribution in [0.25, 0.3) is 0 Å². The van der Waals surface area contributed by atoms with Gasteiger partial charge in [-0.05, 0) is 29.8 Å². The summed E-state index contributed by atoms with van der Waals surface area (Å²) in [4.78, 5) is 10.4. The van der Waals surface area contributed by atoms with E-state index in [2.05, 4.69) is 21.2 Å². The molecule has 0 spiro atoms. The number of nitro benzene ring substituents is 1. The topological polar surface area (TPSA) is 75.4 Å². The molecule has 0 fully saturated rings. The second-order valence-corrected chi connectivity index (χ2v) is 5.34. The van der Waals surface area contributed by atoms with Crippen LogP contribution in [0.5, 0.6) is 5.75 Å². The average Bonchev–Trinajstić information content (AvgIpc) is 2.38. The minimum Gasteiger partial charge on any atom is -0.508 e. The molecule has 5 nitrogen and oxygen atoms in total. The number of nitrogens with zero attached hydrogens (tertiary/aromatic N) is 1. The molecule has 2 N–H and O–H groups in total. The molecule has 0 saturated carbocycles. The lowest BCUT2D eigenvalue weighted by molar-refractivity contribution is -0.384. The van der Waals surface area contributed by atoms with Gasteiger partial charge in [0.15, 0.2) is 0 Å². The lowest BCUT2D eigenvalue weighted by atomic mass is 10.2. The number of rotatable bonds is 4. The second-order valence-electron chi connectivity index (χ2n) is 4.05. The maximum atomic E-state index is 10.9. The highest BCUT2D eigenvalue weighted by Gasteiger charge is 2.14. The summed E-state index contributed by atoms with van der Waals surface area (Å²) in [5.41, 5.74) is 1.08. The van der Waals surface area contributed by atoms with Gasteiger partial charge >= 0.3 is 0 Å². The van der Waals surface area contributed by atoms with Crippen LogP contribution in [0.1, 0.15) is 5.56 Å². The Morgan fingerprint density at radius 2 is 2.05 bits per heavy atom. The Kier molecular flexibility index (Phi) is 4.46. The summed E-state index contributed by atoms with van der Waals surface area (Å²) in [5, 5.41) is 23.8. The largest absolute Gasteiger partial charge is 0.508 e. The molecule has 2 aromatic rings. The van der Waals surface area contributed by atoms with Crippen molar-refractivity contribution in [2.75, 3.05) is 5.32 Å². The molecule has 0 heterocycles. The Hall–Kier alpha value is -1.79. The first-order valence-corrected chi connectivity index (χ1v) is 6.79. The van der Waals surface area contributed by atoms with Crippen LogP contribution in [0.3, 0.4) is 0 Å². The van der Waals surface area contributed by atoms with Crippen molar-refractivity contribution in [2.45, 2.75) is 6.54 Å². The number of nitrogens with one attached hydrogen (secondary N) is 1. The summed E-state index contributed by atoms with van der Waals surface area (Å²) < 4.78 is 0.818. The van der Waals surface area contributed by atoms with Gasteiger partial charge in [0.2, 0.25) is 0 Å². The van der Waals surface area contributed by atoms with Gasteiger partial charge in [-0.25, -0.2) is 0 Å². The highest BCUT2D eigenvalue weighted by molar-refractivity contribution is 9.10. The molecule has 2 aromatic carbocycles. The zero-order valence-corrected chi connectivity index (χ0v) is 12.5. The van der Waals surface area contributed by atoms with Gasteiger partial charge in [-0.1, -0.05) is 33.6 Å². The monoisotopic (exact) mass is 356 g/mol. The van der Waals surface area contributed by atoms with Crippen molar-refractivity contribution in [1.29, 1.82) is 0 Å². The van der Waals surface area contributed by atoms with Crippen molar-refractivity contribution in [3.63, 3.8) is 0 Å². The van der Waals surface area contributed by atoms with E-state index >= 15 is 0 Å². The quantitative estimate of drug-likeness (QED) is 0.485. The first kappa shape index (κ1) is 14.6. The number of hydrogen-bond donors (Lipinski definition) is 2. The van der Waals surface area contributed by atoms with Crippen LogP contribution in [0.2, 0.25) is 5.02 Å². The summed E-state index contributed by atoms with van der Waals surface area (Å²) in [5.74, 6) is -0.144. The summed E-state index contributed by atoms with van der Waals surface area (Å²) in [6.45, 7) is 0.392. The maximum Gasteiger partial charge on any atom is 0.296 e. The van der Waals surface area contributed by atoms with E-state index in [0.29, 0.717) is 17.3 Å². The Labute approximate surface area is 128 Å². The molecule has 0 aliphatic rings. The molecule has 2 rings (SSSR count). The third-order valence-electron chi connectivity index (χ3n) is 2.66. The summed E-state index contributed by atoms with van der Waals surface area (Å²) >= 11 is 9.23. The van der Waals surface area contributed by atoms with Crippen LogP contribution in [-0.4, -0.2) is 10.0 Å². The zero-order chi connectivity index (χ0) is 14.7. The Morgan fingerprint density at radius 3 is 2.70 bits per heavy atom. The molecule has 104 valence electrons. The highest BCUT2D eigenvalue weighted by Crippen LogP contribution is 2.29. The van der Waals surface area contributed by atoms with Gasteiger partial charge in [-0.3, -0.25) is 10.1 Å². The standard InChI is InChI=1S/C13H10BrClN2O3/c14-11-5-9(15)2-1-8(11)7-16-12-4-3-10(18)6-13(12)17(19)20/h1-6,16,18H,7H2. The average molecular weight is 358 g/mol. The predicted octanol–water partition coefficient (Wildman–Crippen LogP) is 4.33. The van der Waals surface area contributed by atoms with Crippen LogP contribution >= 0.6 is 27.5 Å². The molecule has 0 bridgehead atoms. The summed E-state index contributed by atoms with van der Waals surface area (Å²) in [6.07, 6.45) is 0. The lowest BCUT2D eigenvalue weighted by Crippen LogP contribution is -2.03. The van der Waals surface area contributed by atoms with Crippen LogP contribution in [0.15, 0.2) is 40.9 Å². The summed E-state index contributed by atoms with van der Waals surface area (Å²) in [6, 6.07) is 9.30. The number of aromatic hydroxyl groups is 1. The molecule has 7 heteroatoms. The molecule has 0 saturated heterocycles. The van der Waals surface area contributed by atoms with Crippen LogP contribution in [0, 0.1) is 10.1 Å². The van der Waals surface area contributed by atoms with Gasteiger partial charge in [0, 0.05) is 16.0 Å². The van der Waals surface area contributed by atoms with Gasteiger partial charge in [0.05, 0.1) is 11.0 Å². The number of phenols is 1. The fourth-order valence-corrected chi connectivity index (χ4v) is 2.50. The van der Waals surface area contributed by atoms with E-state index < -0.39 is 4.92 Å². The number of hydrogen-bond acceptors (Lipinski definition) is 4. The SMILES string of the molecule is O=[N+]([O-])c1cc(O)ccc1NCc1ccc(Cl)cc1Br. The van der Waals surface area contributed by atoms with Crippen LogP contribution < -0.4 is 5.32 Å². The molecule has 0 amide bonds. The van der Waals surface area contributed by atoms with Crippen molar-refractivity contribution in [1.82, 2.24) is 0 Å². The molecular formula is C13H10BrClN2O3. The molecular weight excluding hydrogens is 348 g/mol. The lowest BCUT2D eigenvalue weighted by Gasteiger charge is -2.09. The third kappa shape index (κ3) is 3.40. The first-order chi connectivity index (χ1) is 9.47. The zero-order valence-electron chi connectivity index (χ0n) is 10.1. The normalized spacial score (nSPS) is 10.3. The number of nitro groups is 1. The molecule has 0 aliphatic carbocycles. The van der Waals surface area contributed by atoms with E-state index in [4.69, 9.17) is 11.6 Å². The first-order valence-electron chi connectivity index (χ1n) is 5.62. The minimum atomic E-state index is -0.543. The van der Waals surface area contributed by atoms with Crippen molar-refractivity contribution >= 4 is 38.9 Å². The van der Waals surface area contributed by atoms with E-state index in [-0.39, 0.29) is 11.4 Å². The van der Waals surface area contributed by atoms with Crippen LogP contribution in [-0.2, 0) is 6.54 Å². The van der Waals surface area contributed by atoms with E-state index in [1.54, 1.807) is 12.1 Å².